The summed E-state index contributed by atoms with van der Waals surface area (Å²) in [6, 6.07) is 13.8. The van der Waals surface area contributed by atoms with E-state index in [1.807, 2.05) is 29.7 Å². The summed E-state index contributed by atoms with van der Waals surface area (Å²) >= 11 is 0. The summed E-state index contributed by atoms with van der Waals surface area (Å²) in [6.07, 6.45) is 1.39. The highest BCUT2D eigenvalue weighted by Gasteiger charge is 2.20. The molecule has 2 aromatic carbocycles. The SMILES string of the molecule is CCOC(=O)c1ccc2c(c1)c(-c1cccc(C(C)(C)C)c1)c(C)n2CC(F)=CCN.Cl. The minimum Gasteiger partial charge on any atom is -0.462 e. The van der Waals surface area contributed by atoms with E-state index in [1.54, 1.807) is 13.0 Å². The van der Waals surface area contributed by atoms with Crippen molar-refractivity contribution in [1.82, 2.24) is 4.57 Å². The van der Waals surface area contributed by atoms with Crippen molar-refractivity contribution in [2.45, 2.75) is 46.6 Å². The molecule has 1 heterocycles. The second-order valence-electron chi connectivity index (χ2n) is 8.72. The Morgan fingerprint density at radius 3 is 2.53 bits per heavy atom. The minimum absolute atomic E-state index is 0. The van der Waals surface area contributed by atoms with Gasteiger partial charge < -0.3 is 15.0 Å². The third kappa shape index (κ3) is 5.22. The average molecular weight is 459 g/mol. The molecular formula is C26H32ClFN2O2. The molecule has 0 unspecified atom stereocenters. The maximum Gasteiger partial charge on any atom is 0.338 e. The number of nitrogens with two attached hydrogens (primary N) is 1. The lowest BCUT2D eigenvalue weighted by atomic mass is 9.85. The number of aromatic nitrogens is 1. The van der Waals surface area contributed by atoms with Crippen LogP contribution in [0, 0.1) is 6.92 Å². The predicted molar refractivity (Wildman–Crippen MR) is 132 cm³/mol. The number of carbonyl (C=O) groups is 1. The second kappa shape index (κ2) is 10.3. The molecule has 0 atom stereocenters. The lowest BCUT2D eigenvalue weighted by molar-refractivity contribution is 0.0526. The Kier molecular flexibility index (Phi) is 8.27. The zero-order valence-corrected chi connectivity index (χ0v) is 20.2. The zero-order valence-electron chi connectivity index (χ0n) is 19.4. The van der Waals surface area contributed by atoms with Gasteiger partial charge in [-0.2, -0.15) is 0 Å². The van der Waals surface area contributed by atoms with E-state index in [4.69, 9.17) is 10.5 Å². The maximum atomic E-state index is 14.4. The van der Waals surface area contributed by atoms with E-state index in [2.05, 4.69) is 39.0 Å². The van der Waals surface area contributed by atoms with Crippen LogP contribution >= 0.6 is 12.4 Å². The number of ether oxygens (including phenoxy) is 1. The molecule has 0 bridgehead atoms. The molecule has 3 rings (SSSR count). The molecule has 0 aliphatic heterocycles. The van der Waals surface area contributed by atoms with E-state index in [1.165, 1.54) is 11.6 Å². The zero-order chi connectivity index (χ0) is 22.8. The largest absolute Gasteiger partial charge is 0.462 e. The standard InChI is InChI=1S/C26H31FN2O2.ClH/c1-6-31-25(30)19-10-11-23-22(15-19)24(17(2)29(23)16-21(27)12-13-28)18-8-7-9-20(14-18)26(3,4)5;/h7-12,14-15H,6,13,16,28H2,1-5H3;1H. The third-order valence-electron chi connectivity index (χ3n) is 5.50. The van der Waals surface area contributed by atoms with Crippen LogP contribution in [0.4, 0.5) is 4.39 Å². The third-order valence-corrected chi connectivity index (χ3v) is 5.50. The topological polar surface area (TPSA) is 57.2 Å². The van der Waals surface area contributed by atoms with Crippen molar-refractivity contribution in [3.8, 4) is 11.1 Å². The number of halogens is 2. The fourth-order valence-electron chi connectivity index (χ4n) is 3.88. The van der Waals surface area contributed by atoms with Crippen molar-refractivity contribution in [2.24, 2.45) is 5.73 Å². The normalized spacial score (nSPS) is 12.0. The van der Waals surface area contributed by atoms with Gasteiger partial charge in [-0.25, -0.2) is 9.18 Å². The molecule has 0 aliphatic carbocycles. The minimum atomic E-state index is -0.363. The van der Waals surface area contributed by atoms with Gasteiger partial charge in [0.05, 0.1) is 18.7 Å². The number of esters is 1. The Morgan fingerprint density at radius 2 is 1.91 bits per heavy atom. The van der Waals surface area contributed by atoms with E-state index in [-0.39, 0.29) is 42.7 Å². The van der Waals surface area contributed by atoms with Gasteiger partial charge in [0.1, 0.15) is 5.83 Å². The van der Waals surface area contributed by atoms with E-state index < -0.39 is 0 Å². The van der Waals surface area contributed by atoms with E-state index >= 15 is 0 Å². The smallest absolute Gasteiger partial charge is 0.338 e. The monoisotopic (exact) mass is 458 g/mol. The summed E-state index contributed by atoms with van der Waals surface area (Å²) in [7, 11) is 0. The number of hydrogen-bond acceptors (Lipinski definition) is 3. The number of hydrogen-bond donors (Lipinski definition) is 1. The van der Waals surface area contributed by atoms with Crippen LogP contribution in [0.3, 0.4) is 0 Å². The molecule has 0 radical (unpaired) electrons. The van der Waals surface area contributed by atoms with Gasteiger partial charge in [-0.05, 0) is 54.7 Å². The highest BCUT2D eigenvalue weighted by atomic mass is 35.5. The molecule has 0 saturated heterocycles. The Balaban J connectivity index is 0.00000363. The van der Waals surface area contributed by atoms with Crippen LogP contribution in [0.15, 0.2) is 54.4 Å². The van der Waals surface area contributed by atoms with Crippen LogP contribution in [0.25, 0.3) is 22.0 Å². The highest BCUT2D eigenvalue weighted by molar-refractivity contribution is 6.02. The predicted octanol–water partition coefficient (Wildman–Crippen LogP) is 6.32. The molecule has 172 valence electrons. The average Bonchev–Trinajstić information content (AvgIpc) is 2.98. The molecule has 0 fully saturated rings. The quantitative estimate of drug-likeness (QED) is 0.439. The number of carbonyl (C=O) groups excluding carboxylic acids is 1. The van der Waals surface area contributed by atoms with Crippen LogP contribution in [0.2, 0.25) is 0 Å². The molecule has 0 spiro atoms. The van der Waals surface area contributed by atoms with E-state index in [0.717, 1.165) is 27.7 Å². The van der Waals surface area contributed by atoms with E-state index in [0.29, 0.717) is 12.2 Å². The van der Waals surface area contributed by atoms with Crippen LogP contribution in [0.5, 0.6) is 0 Å². The van der Waals surface area contributed by atoms with Gasteiger partial charge in [0, 0.05) is 28.7 Å². The van der Waals surface area contributed by atoms with Crippen molar-refractivity contribution in [1.29, 1.82) is 0 Å². The first-order chi connectivity index (χ1) is 14.7. The fraction of sp³-hybridized carbons (Fsp3) is 0.346. The van der Waals surface area contributed by atoms with Crippen molar-refractivity contribution in [2.75, 3.05) is 13.2 Å². The van der Waals surface area contributed by atoms with Crippen molar-refractivity contribution < 1.29 is 13.9 Å². The van der Waals surface area contributed by atoms with Crippen LogP contribution in [-0.2, 0) is 16.7 Å². The Bertz CT molecular complexity index is 1140. The fourth-order valence-corrected chi connectivity index (χ4v) is 3.88. The summed E-state index contributed by atoms with van der Waals surface area (Å²) < 4.78 is 21.5. The number of nitrogens with zero attached hydrogens (tertiary/aromatic N) is 1. The summed E-state index contributed by atoms with van der Waals surface area (Å²) in [5, 5.41) is 0.898. The molecule has 0 aliphatic rings. The summed E-state index contributed by atoms with van der Waals surface area (Å²) in [5.41, 5.74) is 11.0. The van der Waals surface area contributed by atoms with Crippen molar-refractivity contribution >= 4 is 29.3 Å². The lowest BCUT2D eigenvalue weighted by Crippen LogP contribution is -2.10. The Labute approximate surface area is 195 Å². The number of fused-ring (bicyclic) bond motifs is 1. The molecule has 0 saturated carbocycles. The molecule has 2 N–H and O–H groups in total. The van der Waals surface area contributed by atoms with Crippen molar-refractivity contribution in [3.63, 3.8) is 0 Å². The highest BCUT2D eigenvalue weighted by Crippen LogP contribution is 2.37. The second-order valence-corrected chi connectivity index (χ2v) is 8.72. The van der Waals surface area contributed by atoms with Crippen LogP contribution in [-0.4, -0.2) is 23.7 Å². The van der Waals surface area contributed by atoms with Crippen molar-refractivity contribution in [3.05, 3.63) is 71.2 Å². The van der Waals surface area contributed by atoms with Crippen LogP contribution < -0.4 is 5.73 Å². The molecule has 1 aromatic heterocycles. The molecule has 4 nitrogen and oxygen atoms in total. The summed E-state index contributed by atoms with van der Waals surface area (Å²) in [5.74, 6) is -0.648. The molecule has 32 heavy (non-hydrogen) atoms. The first-order valence-corrected chi connectivity index (χ1v) is 10.6. The Hall–Kier alpha value is -2.63. The number of rotatable bonds is 6. The molecule has 6 heteroatoms. The van der Waals surface area contributed by atoms with Gasteiger partial charge in [-0.15, -0.1) is 12.4 Å². The van der Waals surface area contributed by atoms with Gasteiger partial charge in [0.2, 0.25) is 0 Å². The molecule has 3 aromatic rings. The number of allylic oxidation sites excluding steroid dienone is 1. The summed E-state index contributed by atoms with van der Waals surface area (Å²) in [6.45, 7) is 10.9. The molecule has 0 amide bonds. The molecular weight excluding hydrogens is 427 g/mol. The van der Waals surface area contributed by atoms with Gasteiger partial charge >= 0.3 is 5.97 Å². The van der Waals surface area contributed by atoms with Gasteiger partial charge in [0.15, 0.2) is 0 Å². The summed E-state index contributed by atoms with van der Waals surface area (Å²) in [4.78, 5) is 12.4. The van der Waals surface area contributed by atoms with Gasteiger partial charge in [0.25, 0.3) is 0 Å². The lowest BCUT2D eigenvalue weighted by Gasteiger charge is -2.20. The van der Waals surface area contributed by atoms with Gasteiger partial charge in [-0.1, -0.05) is 45.0 Å². The van der Waals surface area contributed by atoms with Crippen LogP contribution in [0.1, 0.15) is 49.3 Å². The number of benzene rings is 2. The first-order valence-electron chi connectivity index (χ1n) is 10.6. The Morgan fingerprint density at radius 1 is 1.19 bits per heavy atom. The van der Waals surface area contributed by atoms with E-state index in [9.17, 15) is 9.18 Å². The maximum absolute atomic E-state index is 14.4. The van der Waals surface area contributed by atoms with Gasteiger partial charge in [-0.3, -0.25) is 0 Å². The first kappa shape index (κ1) is 25.6.